The van der Waals surface area contributed by atoms with Gasteiger partial charge in [-0.3, -0.25) is 4.79 Å². The summed E-state index contributed by atoms with van der Waals surface area (Å²) in [5.41, 5.74) is 0.836. The highest BCUT2D eigenvalue weighted by molar-refractivity contribution is 7.91. The Morgan fingerprint density at radius 2 is 2.08 bits per heavy atom. The molecular weight excluding hydrogens is 326 g/mol. The quantitative estimate of drug-likeness (QED) is 0.708. The third kappa shape index (κ3) is 4.84. The van der Waals surface area contributed by atoms with Crippen molar-refractivity contribution in [3.8, 4) is 5.75 Å². The van der Waals surface area contributed by atoms with Crippen molar-refractivity contribution in [1.82, 2.24) is 4.90 Å². The molecule has 1 aliphatic heterocycles. The number of para-hydroxylation sites is 1. The van der Waals surface area contributed by atoms with E-state index in [-0.39, 0.29) is 23.5 Å². The molecule has 0 saturated carbocycles. The van der Waals surface area contributed by atoms with E-state index in [4.69, 9.17) is 4.74 Å². The Bertz CT molecular complexity index is 697. The van der Waals surface area contributed by atoms with Crippen molar-refractivity contribution in [3.05, 3.63) is 35.9 Å². The van der Waals surface area contributed by atoms with E-state index in [1.807, 2.05) is 38.1 Å². The van der Waals surface area contributed by atoms with Crippen molar-refractivity contribution < 1.29 is 17.9 Å². The van der Waals surface area contributed by atoms with Gasteiger partial charge in [0.25, 0.3) is 0 Å². The predicted octanol–water partition coefficient (Wildman–Crippen LogP) is 2.52. The van der Waals surface area contributed by atoms with Crippen LogP contribution in [0.25, 0.3) is 6.08 Å². The number of sulfone groups is 1. The predicted molar refractivity (Wildman–Crippen MR) is 95.7 cm³/mol. The first-order chi connectivity index (χ1) is 11.5. The number of hydrogen-bond donors (Lipinski definition) is 0. The second-order valence-corrected chi connectivity index (χ2v) is 8.12. The molecule has 1 atom stereocenters. The average Bonchev–Trinajstić information content (AvgIpc) is 2.91. The number of carbonyl (C=O) groups excluding carboxylic acids is 1. The van der Waals surface area contributed by atoms with Gasteiger partial charge in [0, 0.05) is 24.2 Å². The lowest BCUT2D eigenvalue weighted by Gasteiger charge is -2.26. The maximum Gasteiger partial charge on any atom is 0.246 e. The molecule has 0 aliphatic carbocycles. The van der Waals surface area contributed by atoms with Gasteiger partial charge in [-0.05, 0) is 31.9 Å². The van der Waals surface area contributed by atoms with E-state index in [2.05, 4.69) is 0 Å². The maximum absolute atomic E-state index is 12.6. The molecule has 1 aliphatic rings. The maximum atomic E-state index is 12.6. The second kappa shape index (κ2) is 8.33. The van der Waals surface area contributed by atoms with Gasteiger partial charge in [-0.1, -0.05) is 25.1 Å². The minimum Gasteiger partial charge on any atom is -0.493 e. The molecular formula is C18H25NO4S. The van der Waals surface area contributed by atoms with Crippen molar-refractivity contribution >= 4 is 21.8 Å². The van der Waals surface area contributed by atoms with Gasteiger partial charge in [0.15, 0.2) is 9.84 Å². The molecule has 1 aromatic rings. The lowest BCUT2D eigenvalue weighted by molar-refractivity contribution is -0.127. The second-order valence-electron chi connectivity index (χ2n) is 5.89. The Hall–Kier alpha value is -1.82. The number of ether oxygens (including phenoxy) is 1. The summed E-state index contributed by atoms with van der Waals surface area (Å²) in [6.45, 7) is 5.02. The monoisotopic (exact) mass is 351 g/mol. The molecule has 2 rings (SSSR count). The zero-order valence-electron chi connectivity index (χ0n) is 14.3. The standard InChI is InChI=1S/C18H25NO4S/c1-3-12-19(16-11-13-24(21,22)14-16)18(20)10-9-15-7-5-6-8-17(15)23-4-2/h5-10,16H,3-4,11-14H2,1-2H3/b10-9+. The topological polar surface area (TPSA) is 63.7 Å². The Morgan fingerprint density at radius 3 is 2.71 bits per heavy atom. The molecule has 24 heavy (non-hydrogen) atoms. The van der Waals surface area contributed by atoms with Crippen molar-refractivity contribution in [3.63, 3.8) is 0 Å². The minimum atomic E-state index is -3.01. The summed E-state index contributed by atoms with van der Waals surface area (Å²) in [6.07, 6.45) is 4.57. The molecule has 1 amide bonds. The summed E-state index contributed by atoms with van der Waals surface area (Å²) < 4.78 is 28.9. The highest BCUT2D eigenvalue weighted by Gasteiger charge is 2.33. The van der Waals surface area contributed by atoms with Gasteiger partial charge < -0.3 is 9.64 Å². The van der Waals surface area contributed by atoms with Crippen LogP contribution in [0.3, 0.4) is 0 Å². The molecule has 132 valence electrons. The van der Waals surface area contributed by atoms with E-state index in [9.17, 15) is 13.2 Å². The minimum absolute atomic E-state index is 0.0715. The summed E-state index contributed by atoms with van der Waals surface area (Å²) in [4.78, 5) is 14.3. The Kier molecular flexibility index (Phi) is 6.43. The third-order valence-electron chi connectivity index (χ3n) is 4.02. The van der Waals surface area contributed by atoms with E-state index in [0.717, 1.165) is 17.7 Å². The summed E-state index contributed by atoms with van der Waals surface area (Å²) in [5.74, 6) is 0.823. The van der Waals surface area contributed by atoms with Crippen LogP contribution >= 0.6 is 0 Å². The van der Waals surface area contributed by atoms with Crippen LogP contribution < -0.4 is 4.74 Å². The fourth-order valence-corrected chi connectivity index (χ4v) is 4.63. The third-order valence-corrected chi connectivity index (χ3v) is 5.77. The van der Waals surface area contributed by atoms with Crippen LogP contribution in [0.2, 0.25) is 0 Å². The molecule has 5 nitrogen and oxygen atoms in total. The molecule has 1 saturated heterocycles. The van der Waals surface area contributed by atoms with E-state index >= 15 is 0 Å². The van der Waals surface area contributed by atoms with Crippen LogP contribution in [-0.4, -0.2) is 49.9 Å². The summed E-state index contributed by atoms with van der Waals surface area (Å²) in [6, 6.07) is 7.31. The van der Waals surface area contributed by atoms with Crippen LogP contribution in [0.5, 0.6) is 5.75 Å². The normalized spacial score (nSPS) is 19.5. The van der Waals surface area contributed by atoms with E-state index in [0.29, 0.717) is 19.6 Å². The van der Waals surface area contributed by atoms with Gasteiger partial charge in [-0.15, -0.1) is 0 Å². The van der Waals surface area contributed by atoms with Crippen LogP contribution in [0.4, 0.5) is 0 Å². The van der Waals surface area contributed by atoms with Gasteiger partial charge in [-0.25, -0.2) is 8.42 Å². The SMILES string of the molecule is CCCN(C(=O)/C=C/c1ccccc1OCC)C1CCS(=O)(=O)C1. The molecule has 0 spiro atoms. The Balaban J connectivity index is 2.13. The number of nitrogens with zero attached hydrogens (tertiary/aromatic N) is 1. The van der Waals surface area contributed by atoms with Crippen molar-refractivity contribution in [2.75, 3.05) is 24.7 Å². The molecule has 1 unspecified atom stereocenters. The fraction of sp³-hybridized carbons (Fsp3) is 0.500. The molecule has 0 aromatic heterocycles. The van der Waals surface area contributed by atoms with Gasteiger partial charge in [0.2, 0.25) is 5.91 Å². The molecule has 1 fully saturated rings. The number of carbonyl (C=O) groups is 1. The Morgan fingerprint density at radius 1 is 1.33 bits per heavy atom. The molecule has 0 radical (unpaired) electrons. The molecule has 1 aromatic carbocycles. The van der Waals surface area contributed by atoms with Gasteiger partial charge in [0.05, 0.1) is 18.1 Å². The number of hydrogen-bond acceptors (Lipinski definition) is 4. The number of rotatable bonds is 7. The number of amides is 1. The van der Waals surface area contributed by atoms with Crippen molar-refractivity contribution in [2.24, 2.45) is 0 Å². The lowest BCUT2D eigenvalue weighted by atomic mass is 10.1. The van der Waals surface area contributed by atoms with Crippen molar-refractivity contribution in [1.29, 1.82) is 0 Å². The zero-order chi connectivity index (χ0) is 17.6. The van der Waals surface area contributed by atoms with Crippen LogP contribution in [0, 0.1) is 0 Å². The van der Waals surface area contributed by atoms with Crippen LogP contribution in [0.15, 0.2) is 30.3 Å². The summed E-state index contributed by atoms with van der Waals surface area (Å²) in [7, 11) is -3.01. The highest BCUT2D eigenvalue weighted by atomic mass is 32.2. The van der Waals surface area contributed by atoms with Gasteiger partial charge in [0.1, 0.15) is 5.75 Å². The van der Waals surface area contributed by atoms with Crippen LogP contribution in [-0.2, 0) is 14.6 Å². The lowest BCUT2D eigenvalue weighted by Crippen LogP contribution is -2.40. The van der Waals surface area contributed by atoms with Gasteiger partial charge >= 0.3 is 0 Å². The first-order valence-corrected chi connectivity index (χ1v) is 10.2. The first kappa shape index (κ1) is 18.5. The van der Waals surface area contributed by atoms with E-state index in [1.54, 1.807) is 11.0 Å². The van der Waals surface area contributed by atoms with Crippen molar-refractivity contribution in [2.45, 2.75) is 32.7 Å². The first-order valence-electron chi connectivity index (χ1n) is 8.37. The fourth-order valence-electron chi connectivity index (χ4n) is 2.90. The zero-order valence-corrected chi connectivity index (χ0v) is 15.1. The highest BCUT2D eigenvalue weighted by Crippen LogP contribution is 2.21. The van der Waals surface area contributed by atoms with E-state index in [1.165, 1.54) is 6.08 Å². The smallest absolute Gasteiger partial charge is 0.246 e. The number of benzene rings is 1. The summed E-state index contributed by atoms with van der Waals surface area (Å²) in [5, 5.41) is 0. The summed E-state index contributed by atoms with van der Waals surface area (Å²) >= 11 is 0. The largest absolute Gasteiger partial charge is 0.493 e. The molecule has 0 bridgehead atoms. The van der Waals surface area contributed by atoms with Gasteiger partial charge in [-0.2, -0.15) is 0 Å². The molecule has 0 N–H and O–H groups in total. The van der Waals surface area contributed by atoms with Crippen LogP contribution in [0.1, 0.15) is 32.3 Å². The molecule has 6 heteroatoms. The Labute approximate surface area is 144 Å². The van der Waals surface area contributed by atoms with E-state index < -0.39 is 9.84 Å². The average molecular weight is 351 g/mol. The molecule has 1 heterocycles.